The average molecular weight is 392 g/mol. The molecule has 0 spiro atoms. The molecular weight excluding hydrogens is 376 g/mol. The Kier molecular flexibility index (Phi) is 4.54. The number of nitrogens with zero attached hydrogens (tertiary/aromatic N) is 3. The zero-order valence-corrected chi connectivity index (χ0v) is 15.0. The standard InChI is InChI=1S/C14H16BrF2N3OS/c1-13(2,3)22(21)18-6-10-8-20-7-9(14(4,16)17)5-11(15)12(20)19-10/h5-8H,1-4H3/t22-/m1/s1. The van der Waals surface area contributed by atoms with Gasteiger partial charge < -0.3 is 4.40 Å². The molecule has 0 N–H and O–H groups in total. The summed E-state index contributed by atoms with van der Waals surface area (Å²) in [5.74, 6) is -2.94. The number of hydrogen-bond donors (Lipinski definition) is 0. The Hall–Kier alpha value is -1.15. The molecule has 8 heteroatoms. The van der Waals surface area contributed by atoms with E-state index in [9.17, 15) is 13.0 Å². The second-order valence-corrected chi connectivity index (χ2v) is 8.75. The monoisotopic (exact) mass is 391 g/mol. The van der Waals surface area contributed by atoms with Gasteiger partial charge in [-0.1, -0.05) is 0 Å². The minimum Gasteiger partial charge on any atom is -0.305 e. The lowest BCUT2D eigenvalue weighted by Gasteiger charge is -2.12. The van der Waals surface area contributed by atoms with E-state index in [-0.39, 0.29) is 5.56 Å². The first-order valence-electron chi connectivity index (χ1n) is 6.51. The largest absolute Gasteiger partial charge is 0.305 e. The summed E-state index contributed by atoms with van der Waals surface area (Å²) in [5, 5.41) is 0. The topological polar surface area (TPSA) is 46.7 Å². The Morgan fingerprint density at radius 3 is 2.50 bits per heavy atom. The van der Waals surface area contributed by atoms with Crippen LogP contribution in [-0.4, -0.2) is 24.6 Å². The first kappa shape index (κ1) is 17.2. The summed E-state index contributed by atoms with van der Waals surface area (Å²) in [6.07, 6.45) is 4.29. The van der Waals surface area contributed by atoms with Crippen molar-refractivity contribution in [3.8, 4) is 0 Å². The van der Waals surface area contributed by atoms with Gasteiger partial charge in [-0.3, -0.25) is 0 Å². The molecule has 2 aromatic rings. The molecule has 2 heterocycles. The third kappa shape index (κ3) is 3.78. The summed E-state index contributed by atoms with van der Waals surface area (Å²) in [6.45, 7) is 6.29. The van der Waals surface area contributed by atoms with Crippen LogP contribution >= 0.6 is 15.9 Å². The van der Waals surface area contributed by atoms with E-state index in [4.69, 9.17) is 0 Å². The van der Waals surface area contributed by atoms with Crippen LogP contribution in [0.15, 0.2) is 27.3 Å². The quantitative estimate of drug-likeness (QED) is 0.739. The van der Waals surface area contributed by atoms with Gasteiger partial charge in [-0.25, -0.2) is 18.0 Å². The molecule has 2 rings (SSSR count). The summed E-state index contributed by atoms with van der Waals surface area (Å²) >= 11 is 3.24. The summed E-state index contributed by atoms with van der Waals surface area (Å²) in [4.78, 5) is 4.28. The van der Waals surface area contributed by atoms with Crippen LogP contribution in [0.5, 0.6) is 0 Å². The smallest absolute Gasteiger partial charge is 0.271 e. The molecule has 120 valence electrons. The molecule has 1 atom stereocenters. The molecule has 0 unspecified atom stereocenters. The molecule has 0 radical (unpaired) electrons. The SMILES string of the molecule is CC(F)(F)c1cc(Br)c2nc(C=N[S@](=O)C(C)(C)C)cn2c1. The third-order valence-electron chi connectivity index (χ3n) is 2.84. The van der Waals surface area contributed by atoms with Crippen LogP contribution in [0.4, 0.5) is 8.78 Å². The normalized spacial score (nSPS) is 14.9. The van der Waals surface area contributed by atoms with Crippen LogP contribution in [0.25, 0.3) is 5.65 Å². The number of rotatable bonds is 3. The maximum Gasteiger partial charge on any atom is 0.271 e. The van der Waals surface area contributed by atoms with Crippen LogP contribution in [-0.2, 0) is 16.9 Å². The van der Waals surface area contributed by atoms with Gasteiger partial charge in [0.05, 0.1) is 15.4 Å². The molecular formula is C14H16BrF2N3OS. The highest BCUT2D eigenvalue weighted by atomic mass is 79.9. The molecule has 22 heavy (non-hydrogen) atoms. The van der Waals surface area contributed by atoms with Crippen molar-refractivity contribution in [3.63, 3.8) is 0 Å². The van der Waals surface area contributed by atoms with E-state index in [2.05, 4.69) is 25.3 Å². The lowest BCUT2D eigenvalue weighted by molar-refractivity contribution is 0.0170. The summed E-state index contributed by atoms with van der Waals surface area (Å²) < 4.78 is 44.2. The number of fused-ring (bicyclic) bond motifs is 1. The van der Waals surface area contributed by atoms with Crippen LogP contribution in [0.1, 0.15) is 39.0 Å². The highest BCUT2D eigenvalue weighted by Crippen LogP contribution is 2.30. The Labute approximate surface area is 138 Å². The van der Waals surface area contributed by atoms with Crippen molar-refractivity contribution < 1.29 is 13.0 Å². The van der Waals surface area contributed by atoms with Crippen LogP contribution < -0.4 is 0 Å². The van der Waals surface area contributed by atoms with Crippen molar-refractivity contribution >= 4 is 38.8 Å². The zero-order chi connectivity index (χ0) is 16.7. The van der Waals surface area contributed by atoms with Gasteiger partial charge in [-0.05, 0) is 42.8 Å². The first-order valence-corrected chi connectivity index (χ1v) is 8.41. The fraction of sp³-hybridized carbons (Fsp3) is 0.429. The van der Waals surface area contributed by atoms with E-state index in [1.807, 2.05) is 20.8 Å². The predicted octanol–water partition coefficient (Wildman–Crippen LogP) is 4.09. The van der Waals surface area contributed by atoms with Gasteiger partial charge in [-0.15, -0.1) is 0 Å². The molecule has 0 saturated carbocycles. The fourth-order valence-electron chi connectivity index (χ4n) is 1.64. The van der Waals surface area contributed by atoms with Crippen LogP contribution in [0.3, 0.4) is 0 Å². The number of alkyl halides is 2. The molecule has 2 aromatic heterocycles. The lowest BCUT2D eigenvalue weighted by Crippen LogP contribution is -2.19. The van der Waals surface area contributed by atoms with E-state index in [1.54, 1.807) is 6.20 Å². The van der Waals surface area contributed by atoms with E-state index in [0.717, 1.165) is 6.92 Å². The van der Waals surface area contributed by atoms with Crippen LogP contribution in [0.2, 0.25) is 0 Å². The predicted molar refractivity (Wildman–Crippen MR) is 87.9 cm³/mol. The van der Waals surface area contributed by atoms with Gasteiger partial charge >= 0.3 is 0 Å². The lowest BCUT2D eigenvalue weighted by atomic mass is 10.2. The molecule has 0 aromatic carbocycles. The van der Waals surface area contributed by atoms with Gasteiger partial charge in [0, 0.05) is 24.9 Å². The summed E-state index contributed by atoms with van der Waals surface area (Å²) in [7, 11) is -1.39. The Bertz CT molecular complexity index is 760. The zero-order valence-electron chi connectivity index (χ0n) is 12.6. The third-order valence-corrected chi connectivity index (χ3v) is 4.76. The minimum atomic E-state index is -2.94. The maximum atomic E-state index is 13.4. The summed E-state index contributed by atoms with van der Waals surface area (Å²) in [6, 6.07) is 1.34. The van der Waals surface area contributed by atoms with Crippen molar-refractivity contribution in [2.75, 3.05) is 0 Å². The van der Waals surface area contributed by atoms with Crippen molar-refractivity contribution in [2.45, 2.75) is 38.4 Å². The van der Waals surface area contributed by atoms with E-state index >= 15 is 0 Å². The maximum absolute atomic E-state index is 13.4. The molecule has 0 aliphatic rings. The number of imidazole rings is 1. The number of aromatic nitrogens is 2. The molecule has 0 amide bonds. The van der Waals surface area contributed by atoms with Crippen molar-refractivity contribution in [1.29, 1.82) is 0 Å². The Morgan fingerprint density at radius 1 is 1.32 bits per heavy atom. The highest BCUT2D eigenvalue weighted by molar-refractivity contribution is 9.10. The molecule has 0 aliphatic heterocycles. The van der Waals surface area contributed by atoms with Gasteiger partial charge in [0.1, 0.15) is 16.7 Å². The molecule has 4 nitrogen and oxygen atoms in total. The van der Waals surface area contributed by atoms with Gasteiger partial charge in [0.2, 0.25) is 0 Å². The van der Waals surface area contributed by atoms with E-state index in [0.29, 0.717) is 15.8 Å². The van der Waals surface area contributed by atoms with Crippen molar-refractivity contribution in [2.24, 2.45) is 4.40 Å². The second-order valence-electron chi connectivity index (χ2n) is 5.96. The molecule has 0 fully saturated rings. The Balaban J connectivity index is 2.41. The molecule has 0 saturated heterocycles. The van der Waals surface area contributed by atoms with E-state index in [1.165, 1.54) is 22.9 Å². The number of halogens is 3. The molecule has 0 aliphatic carbocycles. The van der Waals surface area contributed by atoms with Gasteiger partial charge in [-0.2, -0.15) is 4.40 Å². The second kappa shape index (κ2) is 5.81. The van der Waals surface area contributed by atoms with Crippen LogP contribution in [0, 0.1) is 0 Å². The fourth-order valence-corrected chi connectivity index (χ4v) is 2.70. The molecule has 0 bridgehead atoms. The van der Waals surface area contributed by atoms with E-state index < -0.39 is 21.7 Å². The van der Waals surface area contributed by atoms with Crippen molar-refractivity contribution in [3.05, 3.63) is 34.2 Å². The number of pyridine rings is 1. The first-order chi connectivity index (χ1) is 9.98. The average Bonchev–Trinajstić information content (AvgIpc) is 2.77. The minimum absolute atomic E-state index is 0.119. The van der Waals surface area contributed by atoms with Gasteiger partial charge in [0.25, 0.3) is 5.92 Å². The van der Waals surface area contributed by atoms with Gasteiger partial charge in [0.15, 0.2) is 5.65 Å². The summed E-state index contributed by atoms with van der Waals surface area (Å²) in [5.41, 5.74) is 0.830. The van der Waals surface area contributed by atoms with Crippen molar-refractivity contribution in [1.82, 2.24) is 9.38 Å². The Morgan fingerprint density at radius 2 is 1.95 bits per heavy atom. The highest BCUT2D eigenvalue weighted by Gasteiger charge is 2.26. The number of hydrogen-bond acceptors (Lipinski definition) is 2.